The van der Waals surface area contributed by atoms with Crippen LogP contribution in [0.3, 0.4) is 0 Å². The van der Waals surface area contributed by atoms with Crippen LogP contribution in [0.4, 0.5) is 10.5 Å². The number of carbonyl (C=O) groups excluding carboxylic acids is 2. The second kappa shape index (κ2) is 10.9. The standard InChI is InChI=1S/C25H32N2O6/c1-6-32-22-13-17-10-11-27(25(29)26-19-12-16(3)8-9-21(19)30-4)20(15-24(28)31-5)18(17)14-23(22)33-7-2/h8-9,12-14,20H,6-7,10-11,15H2,1-5H3,(H,26,29). The Morgan fingerprint density at radius 1 is 1.03 bits per heavy atom. The third-order valence-electron chi connectivity index (χ3n) is 5.61. The fourth-order valence-corrected chi connectivity index (χ4v) is 4.06. The number of benzene rings is 2. The number of hydrogen-bond donors (Lipinski definition) is 1. The van der Waals surface area contributed by atoms with Crippen LogP contribution in [0.2, 0.25) is 0 Å². The van der Waals surface area contributed by atoms with Crippen molar-refractivity contribution in [2.24, 2.45) is 0 Å². The number of hydrogen-bond acceptors (Lipinski definition) is 6. The molecule has 0 aromatic heterocycles. The lowest BCUT2D eigenvalue weighted by atomic mass is 9.90. The Bertz CT molecular complexity index is 1010. The maximum absolute atomic E-state index is 13.4. The summed E-state index contributed by atoms with van der Waals surface area (Å²) in [6.07, 6.45) is 0.652. The van der Waals surface area contributed by atoms with Crippen molar-refractivity contribution < 1.29 is 28.5 Å². The van der Waals surface area contributed by atoms with E-state index in [1.54, 1.807) is 12.0 Å². The minimum Gasteiger partial charge on any atom is -0.495 e. The van der Waals surface area contributed by atoms with Gasteiger partial charge >= 0.3 is 12.0 Å². The summed E-state index contributed by atoms with van der Waals surface area (Å²) in [6.45, 7) is 7.18. The fraction of sp³-hybridized carbons (Fsp3) is 0.440. The molecular weight excluding hydrogens is 424 g/mol. The zero-order valence-electron chi connectivity index (χ0n) is 19.9. The number of methoxy groups -OCH3 is 2. The van der Waals surface area contributed by atoms with Crippen LogP contribution in [0.1, 0.15) is 43.0 Å². The maximum Gasteiger partial charge on any atom is 0.322 e. The molecule has 0 aliphatic carbocycles. The van der Waals surface area contributed by atoms with Gasteiger partial charge in [-0.05, 0) is 68.1 Å². The van der Waals surface area contributed by atoms with Crippen molar-refractivity contribution in [3.63, 3.8) is 0 Å². The van der Waals surface area contributed by atoms with Crippen molar-refractivity contribution in [1.82, 2.24) is 4.90 Å². The molecule has 2 aromatic rings. The van der Waals surface area contributed by atoms with E-state index < -0.39 is 12.0 Å². The SMILES string of the molecule is CCOc1cc2c(cc1OCC)C(CC(=O)OC)N(C(=O)Nc1cc(C)ccc1OC)CC2. The zero-order chi connectivity index (χ0) is 24.0. The number of carbonyl (C=O) groups is 2. The summed E-state index contributed by atoms with van der Waals surface area (Å²) in [5.74, 6) is 1.43. The molecule has 0 spiro atoms. The van der Waals surface area contributed by atoms with Crippen LogP contribution >= 0.6 is 0 Å². The van der Waals surface area contributed by atoms with Crippen molar-refractivity contribution in [3.8, 4) is 17.2 Å². The third-order valence-corrected chi connectivity index (χ3v) is 5.61. The Kier molecular flexibility index (Phi) is 8.03. The Labute approximate surface area is 194 Å². The minimum atomic E-state index is -0.508. The van der Waals surface area contributed by atoms with Gasteiger partial charge in [0.15, 0.2) is 11.5 Å². The Hall–Kier alpha value is -3.42. The summed E-state index contributed by atoms with van der Waals surface area (Å²) in [5, 5.41) is 2.95. The molecule has 33 heavy (non-hydrogen) atoms. The van der Waals surface area contributed by atoms with E-state index in [9.17, 15) is 9.59 Å². The van der Waals surface area contributed by atoms with Crippen LogP contribution < -0.4 is 19.5 Å². The summed E-state index contributed by atoms with van der Waals surface area (Å²) >= 11 is 0. The summed E-state index contributed by atoms with van der Waals surface area (Å²) in [5.41, 5.74) is 3.44. The lowest BCUT2D eigenvalue weighted by Crippen LogP contribution is -2.43. The van der Waals surface area contributed by atoms with Gasteiger partial charge in [-0.25, -0.2) is 4.79 Å². The van der Waals surface area contributed by atoms with E-state index in [0.29, 0.717) is 49.1 Å². The number of esters is 1. The molecule has 0 radical (unpaired) electrons. The Balaban J connectivity index is 1.98. The monoisotopic (exact) mass is 456 g/mol. The molecule has 0 bridgehead atoms. The van der Waals surface area contributed by atoms with Crippen LogP contribution in [0.25, 0.3) is 0 Å². The molecule has 3 rings (SSSR count). The van der Waals surface area contributed by atoms with Crippen molar-refractivity contribution >= 4 is 17.7 Å². The first-order chi connectivity index (χ1) is 15.9. The van der Waals surface area contributed by atoms with Crippen LogP contribution in [-0.4, -0.2) is 50.9 Å². The van der Waals surface area contributed by atoms with Crippen LogP contribution in [0, 0.1) is 6.92 Å². The highest BCUT2D eigenvalue weighted by atomic mass is 16.5. The molecule has 0 saturated heterocycles. The van der Waals surface area contributed by atoms with Gasteiger partial charge in [-0.3, -0.25) is 4.79 Å². The average molecular weight is 457 g/mol. The molecule has 2 amide bonds. The van der Waals surface area contributed by atoms with Crippen molar-refractivity contribution in [2.75, 3.05) is 39.3 Å². The van der Waals surface area contributed by atoms with E-state index in [2.05, 4.69) is 5.32 Å². The third kappa shape index (κ3) is 5.50. The number of aryl methyl sites for hydroxylation is 1. The number of nitrogens with one attached hydrogen (secondary N) is 1. The number of ether oxygens (including phenoxy) is 4. The molecule has 8 heteroatoms. The van der Waals surface area contributed by atoms with Crippen LogP contribution in [-0.2, 0) is 16.0 Å². The van der Waals surface area contributed by atoms with Crippen LogP contribution in [0.5, 0.6) is 17.2 Å². The lowest BCUT2D eigenvalue weighted by molar-refractivity contribution is -0.141. The van der Waals surface area contributed by atoms with E-state index in [0.717, 1.165) is 16.7 Å². The predicted octanol–water partition coefficient (Wildman–Crippen LogP) is 4.50. The molecule has 0 fully saturated rings. The van der Waals surface area contributed by atoms with Crippen molar-refractivity contribution in [1.29, 1.82) is 0 Å². The molecule has 1 heterocycles. The van der Waals surface area contributed by atoms with E-state index in [1.165, 1.54) is 7.11 Å². The zero-order valence-corrected chi connectivity index (χ0v) is 19.9. The van der Waals surface area contributed by atoms with E-state index in [4.69, 9.17) is 18.9 Å². The maximum atomic E-state index is 13.4. The topological polar surface area (TPSA) is 86.3 Å². The summed E-state index contributed by atoms with van der Waals surface area (Å²) in [7, 11) is 2.90. The molecule has 1 atom stereocenters. The van der Waals surface area contributed by atoms with Gasteiger partial charge < -0.3 is 29.2 Å². The highest BCUT2D eigenvalue weighted by Gasteiger charge is 2.34. The second-order valence-corrected chi connectivity index (χ2v) is 7.74. The van der Waals surface area contributed by atoms with Gasteiger partial charge in [0.2, 0.25) is 0 Å². The molecule has 0 saturated carbocycles. The van der Waals surface area contributed by atoms with Gasteiger partial charge in [-0.15, -0.1) is 0 Å². The number of fused-ring (bicyclic) bond motifs is 1. The molecule has 8 nitrogen and oxygen atoms in total. The van der Waals surface area contributed by atoms with Crippen molar-refractivity contribution in [2.45, 2.75) is 39.7 Å². The number of amides is 2. The van der Waals surface area contributed by atoms with Gasteiger partial charge in [0.05, 0.1) is 45.6 Å². The number of rotatable bonds is 8. The summed E-state index contributed by atoms with van der Waals surface area (Å²) in [6, 6.07) is 8.59. The smallest absolute Gasteiger partial charge is 0.322 e. The van der Waals surface area contributed by atoms with Crippen molar-refractivity contribution in [3.05, 3.63) is 47.0 Å². The molecule has 1 N–H and O–H groups in total. The molecule has 178 valence electrons. The predicted molar refractivity (Wildman–Crippen MR) is 125 cm³/mol. The fourth-order valence-electron chi connectivity index (χ4n) is 4.06. The average Bonchev–Trinajstić information content (AvgIpc) is 2.80. The quantitative estimate of drug-likeness (QED) is 0.589. The van der Waals surface area contributed by atoms with Gasteiger partial charge in [-0.2, -0.15) is 0 Å². The molecule has 1 aliphatic heterocycles. The highest BCUT2D eigenvalue weighted by Crippen LogP contribution is 2.40. The molecule has 2 aromatic carbocycles. The van der Waals surface area contributed by atoms with Gasteiger partial charge in [0, 0.05) is 6.54 Å². The van der Waals surface area contributed by atoms with Gasteiger partial charge in [0.25, 0.3) is 0 Å². The first-order valence-corrected chi connectivity index (χ1v) is 11.1. The first-order valence-electron chi connectivity index (χ1n) is 11.1. The first kappa shape index (κ1) is 24.2. The largest absolute Gasteiger partial charge is 0.495 e. The number of anilines is 1. The summed E-state index contributed by atoms with van der Waals surface area (Å²) in [4.78, 5) is 27.3. The summed E-state index contributed by atoms with van der Waals surface area (Å²) < 4.78 is 21.9. The Morgan fingerprint density at radius 2 is 1.73 bits per heavy atom. The van der Waals surface area contributed by atoms with E-state index >= 15 is 0 Å². The number of nitrogens with zero attached hydrogens (tertiary/aromatic N) is 1. The van der Waals surface area contributed by atoms with Gasteiger partial charge in [0.1, 0.15) is 5.75 Å². The molecule has 1 unspecified atom stereocenters. The van der Waals surface area contributed by atoms with Gasteiger partial charge in [-0.1, -0.05) is 6.07 Å². The minimum absolute atomic E-state index is 0.0292. The van der Waals surface area contributed by atoms with E-state index in [1.807, 2.05) is 51.1 Å². The normalized spacial score (nSPS) is 14.8. The number of urea groups is 1. The van der Waals surface area contributed by atoms with E-state index in [-0.39, 0.29) is 12.5 Å². The second-order valence-electron chi connectivity index (χ2n) is 7.74. The lowest BCUT2D eigenvalue weighted by Gasteiger charge is -2.37. The molecular formula is C25H32N2O6. The van der Waals surface area contributed by atoms with Crippen LogP contribution in [0.15, 0.2) is 30.3 Å². The Morgan fingerprint density at radius 3 is 2.36 bits per heavy atom. The molecule has 1 aliphatic rings. The highest BCUT2D eigenvalue weighted by molar-refractivity contribution is 5.92.